The first-order valence-corrected chi connectivity index (χ1v) is 7.03. The van der Waals surface area contributed by atoms with Crippen LogP contribution in [0.2, 0.25) is 0 Å². The third-order valence-electron chi connectivity index (χ3n) is 3.18. The molecule has 0 fully saturated rings. The van der Waals surface area contributed by atoms with Crippen molar-refractivity contribution in [3.63, 3.8) is 0 Å². The van der Waals surface area contributed by atoms with Crippen LogP contribution in [0.3, 0.4) is 0 Å². The van der Waals surface area contributed by atoms with E-state index in [0.29, 0.717) is 24.5 Å². The van der Waals surface area contributed by atoms with Crippen LogP contribution in [-0.4, -0.2) is 32.0 Å². The molecule has 0 aliphatic heterocycles. The highest BCUT2D eigenvalue weighted by Crippen LogP contribution is 2.08. The molecular weight excluding hydrogens is 280 g/mol. The van der Waals surface area contributed by atoms with Crippen molar-refractivity contribution >= 4 is 17.4 Å². The Labute approximate surface area is 127 Å². The van der Waals surface area contributed by atoms with Crippen LogP contribution in [0.1, 0.15) is 23.0 Å². The first-order valence-electron chi connectivity index (χ1n) is 7.03. The summed E-state index contributed by atoms with van der Waals surface area (Å²) in [6, 6.07) is 7.28. The van der Waals surface area contributed by atoms with Gasteiger partial charge in [0.1, 0.15) is 5.82 Å². The molecule has 2 N–H and O–H groups in total. The van der Waals surface area contributed by atoms with Gasteiger partial charge in [0.2, 0.25) is 0 Å². The van der Waals surface area contributed by atoms with Crippen LogP contribution >= 0.6 is 0 Å². The fourth-order valence-corrected chi connectivity index (χ4v) is 2.10. The summed E-state index contributed by atoms with van der Waals surface area (Å²) in [6.45, 7) is 3.04. The lowest BCUT2D eigenvalue weighted by molar-refractivity contribution is 0.0955. The Morgan fingerprint density at radius 1 is 1.18 bits per heavy atom. The zero-order valence-corrected chi connectivity index (χ0v) is 12.2. The molecular formula is C15H16N6O. The highest BCUT2D eigenvalue weighted by molar-refractivity contribution is 5.93. The number of hydrogen-bond donors (Lipinski definition) is 2. The maximum atomic E-state index is 11.7. The molecule has 0 aliphatic carbocycles. The summed E-state index contributed by atoms with van der Waals surface area (Å²) in [5.74, 6) is 0.583. The molecule has 3 heterocycles. The molecule has 7 nitrogen and oxygen atoms in total. The molecule has 0 saturated heterocycles. The number of anilines is 1. The van der Waals surface area contributed by atoms with Crippen molar-refractivity contribution in [3.8, 4) is 0 Å². The fourth-order valence-electron chi connectivity index (χ4n) is 2.10. The minimum atomic E-state index is -0.117. The Morgan fingerprint density at radius 3 is 2.86 bits per heavy atom. The zero-order valence-electron chi connectivity index (χ0n) is 12.2. The topological polar surface area (TPSA) is 84.2 Å². The van der Waals surface area contributed by atoms with E-state index in [2.05, 4.69) is 25.7 Å². The average molecular weight is 296 g/mol. The minimum Gasteiger partial charge on any atom is -0.364 e. The van der Waals surface area contributed by atoms with Crippen molar-refractivity contribution < 1.29 is 4.79 Å². The van der Waals surface area contributed by atoms with Crippen molar-refractivity contribution in [2.75, 3.05) is 11.9 Å². The Bertz CT molecular complexity index is 780. The van der Waals surface area contributed by atoms with E-state index in [1.165, 1.54) is 0 Å². The van der Waals surface area contributed by atoms with E-state index >= 15 is 0 Å². The number of aromatic nitrogens is 4. The van der Waals surface area contributed by atoms with Crippen LogP contribution in [0.25, 0.3) is 5.65 Å². The minimum absolute atomic E-state index is 0.117. The van der Waals surface area contributed by atoms with Gasteiger partial charge in [-0.05, 0) is 25.1 Å². The van der Waals surface area contributed by atoms with Gasteiger partial charge in [-0.1, -0.05) is 0 Å². The maximum absolute atomic E-state index is 11.7. The third-order valence-corrected chi connectivity index (χ3v) is 3.18. The number of rotatable bonds is 5. The predicted molar refractivity (Wildman–Crippen MR) is 82.6 cm³/mol. The van der Waals surface area contributed by atoms with Crippen LogP contribution in [0.4, 0.5) is 5.82 Å². The number of fused-ring (bicyclic) bond motifs is 1. The monoisotopic (exact) mass is 296 g/mol. The summed E-state index contributed by atoms with van der Waals surface area (Å²) in [4.78, 5) is 20.1. The molecule has 0 aliphatic rings. The van der Waals surface area contributed by atoms with Crippen LogP contribution in [0.5, 0.6) is 0 Å². The van der Waals surface area contributed by atoms with Gasteiger partial charge in [0.05, 0.1) is 24.0 Å². The van der Waals surface area contributed by atoms with Crippen LogP contribution in [0.15, 0.2) is 42.9 Å². The van der Waals surface area contributed by atoms with Gasteiger partial charge in [0.25, 0.3) is 5.91 Å². The number of carbonyl (C=O) groups is 1. The first-order chi connectivity index (χ1) is 10.8. The summed E-state index contributed by atoms with van der Waals surface area (Å²) >= 11 is 0. The quantitative estimate of drug-likeness (QED) is 0.745. The van der Waals surface area contributed by atoms with Crippen molar-refractivity contribution in [3.05, 3.63) is 54.1 Å². The number of nitrogens with zero attached hydrogens (tertiary/aromatic N) is 4. The van der Waals surface area contributed by atoms with E-state index in [9.17, 15) is 4.79 Å². The fraction of sp³-hybridized carbons (Fsp3) is 0.200. The molecule has 3 aromatic rings. The van der Waals surface area contributed by atoms with Crippen molar-refractivity contribution in [2.45, 2.75) is 13.5 Å². The molecule has 112 valence electrons. The van der Waals surface area contributed by atoms with Crippen LogP contribution in [0, 0.1) is 0 Å². The Balaban J connectivity index is 1.69. The predicted octanol–water partition coefficient (Wildman–Crippen LogP) is 1.49. The van der Waals surface area contributed by atoms with Gasteiger partial charge in [0.15, 0.2) is 5.65 Å². The third kappa shape index (κ3) is 2.88. The molecule has 0 saturated carbocycles. The van der Waals surface area contributed by atoms with Gasteiger partial charge in [0, 0.05) is 25.0 Å². The highest BCUT2D eigenvalue weighted by atomic mass is 16.1. The smallest absolute Gasteiger partial charge is 0.252 e. The van der Waals surface area contributed by atoms with Crippen LogP contribution in [-0.2, 0) is 6.54 Å². The van der Waals surface area contributed by atoms with Gasteiger partial charge in [-0.3, -0.25) is 4.79 Å². The molecule has 7 heteroatoms. The Morgan fingerprint density at radius 2 is 2.09 bits per heavy atom. The molecule has 0 radical (unpaired) electrons. The number of pyridine rings is 1. The molecule has 22 heavy (non-hydrogen) atoms. The van der Waals surface area contributed by atoms with Gasteiger partial charge in [-0.15, -0.1) is 0 Å². The Kier molecular flexibility index (Phi) is 3.95. The number of hydrogen-bond acceptors (Lipinski definition) is 5. The molecule has 0 aromatic carbocycles. The first kappa shape index (κ1) is 14.0. The normalized spacial score (nSPS) is 10.6. The molecule has 0 spiro atoms. The summed E-state index contributed by atoms with van der Waals surface area (Å²) in [5, 5.41) is 10.2. The summed E-state index contributed by atoms with van der Waals surface area (Å²) in [5.41, 5.74) is 2.33. The highest BCUT2D eigenvalue weighted by Gasteiger charge is 2.05. The largest absolute Gasteiger partial charge is 0.364 e. The molecule has 0 atom stereocenters. The van der Waals surface area contributed by atoms with Crippen molar-refractivity contribution in [2.24, 2.45) is 0 Å². The zero-order chi connectivity index (χ0) is 15.4. The molecule has 3 aromatic heterocycles. The number of carbonyl (C=O) groups excluding carboxylic acids is 1. The maximum Gasteiger partial charge on any atom is 0.252 e. The molecule has 1 amide bonds. The average Bonchev–Trinajstić information content (AvgIpc) is 3.03. The van der Waals surface area contributed by atoms with E-state index in [4.69, 9.17) is 0 Å². The van der Waals surface area contributed by atoms with Gasteiger partial charge in [-0.2, -0.15) is 5.10 Å². The van der Waals surface area contributed by atoms with E-state index < -0.39 is 0 Å². The summed E-state index contributed by atoms with van der Waals surface area (Å²) < 4.78 is 1.77. The van der Waals surface area contributed by atoms with E-state index in [-0.39, 0.29) is 5.91 Å². The number of nitrogens with one attached hydrogen (secondary N) is 2. The van der Waals surface area contributed by atoms with Crippen molar-refractivity contribution in [1.29, 1.82) is 0 Å². The Hall–Kier alpha value is -2.96. The summed E-state index contributed by atoms with van der Waals surface area (Å²) in [7, 11) is 0. The standard InChI is InChI=1S/C15H16N6O/c1-2-16-15(22)11-3-4-13(18-9-11)19-10-12-5-7-17-14-6-8-20-21(12)14/h3-9H,2,10H2,1H3,(H,16,22)(H,18,19). The lowest BCUT2D eigenvalue weighted by Crippen LogP contribution is -2.22. The summed E-state index contributed by atoms with van der Waals surface area (Å²) in [6.07, 6.45) is 5.02. The number of amides is 1. The van der Waals surface area contributed by atoms with Gasteiger partial charge >= 0.3 is 0 Å². The lowest BCUT2D eigenvalue weighted by atomic mass is 10.2. The van der Waals surface area contributed by atoms with E-state index in [1.54, 1.807) is 35.2 Å². The van der Waals surface area contributed by atoms with Crippen molar-refractivity contribution in [1.82, 2.24) is 24.9 Å². The van der Waals surface area contributed by atoms with Gasteiger partial charge < -0.3 is 10.6 Å². The molecule has 0 bridgehead atoms. The van der Waals surface area contributed by atoms with E-state index in [1.807, 2.05) is 19.1 Å². The second-order valence-corrected chi connectivity index (χ2v) is 4.68. The van der Waals surface area contributed by atoms with Gasteiger partial charge in [-0.25, -0.2) is 14.5 Å². The second kappa shape index (κ2) is 6.21. The van der Waals surface area contributed by atoms with Crippen LogP contribution < -0.4 is 10.6 Å². The van der Waals surface area contributed by atoms with E-state index in [0.717, 1.165) is 11.3 Å². The lowest BCUT2D eigenvalue weighted by Gasteiger charge is -2.08. The molecule has 3 rings (SSSR count). The molecule has 0 unspecified atom stereocenters. The SMILES string of the molecule is CCNC(=O)c1ccc(NCc2ccnc3ccnn23)nc1. The second-order valence-electron chi connectivity index (χ2n) is 4.68.